The zero-order valence-corrected chi connectivity index (χ0v) is 10.6. The fourth-order valence-corrected chi connectivity index (χ4v) is 1.70. The van der Waals surface area contributed by atoms with Crippen molar-refractivity contribution in [2.45, 2.75) is 59.4 Å². The van der Waals surface area contributed by atoms with Gasteiger partial charge in [0.25, 0.3) is 0 Å². The van der Waals surface area contributed by atoms with E-state index in [0.29, 0.717) is 0 Å². The summed E-state index contributed by atoms with van der Waals surface area (Å²) in [6.07, 6.45) is 2.34. The second-order valence-corrected chi connectivity index (χ2v) is 5.16. The van der Waals surface area contributed by atoms with Crippen molar-refractivity contribution in [3.05, 3.63) is 11.5 Å². The number of hydrogen-bond acceptors (Lipinski definition) is 2. The Morgan fingerprint density at radius 1 is 1.33 bits per heavy atom. The highest BCUT2D eigenvalue weighted by molar-refractivity contribution is 5.38. The van der Waals surface area contributed by atoms with Gasteiger partial charge < -0.3 is 10.3 Å². The molecule has 0 bridgehead atoms. The maximum atomic E-state index is 6.04. The van der Waals surface area contributed by atoms with E-state index >= 15 is 0 Å². The predicted octanol–water partition coefficient (Wildman–Crippen LogP) is 2.87. The summed E-state index contributed by atoms with van der Waals surface area (Å²) in [4.78, 5) is 4.57. The lowest BCUT2D eigenvalue weighted by atomic mass is 9.95. The first-order valence-electron chi connectivity index (χ1n) is 5.71. The molecule has 2 N–H and O–H groups in total. The van der Waals surface area contributed by atoms with Crippen LogP contribution in [0, 0.1) is 6.92 Å². The average Bonchev–Trinajstić information content (AvgIpc) is 2.40. The van der Waals surface area contributed by atoms with Crippen molar-refractivity contribution in [1.82, 2.24) is 9.55 Å². The van der Waals surface area contributed by atoms with Crippen LogP contribution in [0.1, 0.15) is 52.1 Å². The minimum Gasteiger partial charge on any atom is -0.384 e. The summed E-state index contributed by atoms with van der Waals surface area (Å²) in [7, 11) is 0. The van der Waals surface area contributed by atoms with Gasteiger partial charge in [-0.25, -0.2) is 4.98 Å². The number of hydrogen-bond donors (Lipinski definition) is 1. The van der Waals surface area contributed by atoms with Crippen LogP contribution in [-0.2, 0) is 12.0 Å². The number of nitrogen functional groups attached to an aromatic ring is 1. The Labute approximate surface area is 92.7 Å². The number of nitrogens with zero attached hydrogens (tertiary/aromatic N) is 2. The Bertz CT molecular complexity index is 331. The monoisotopic (exact) mass is 209 g/mol. The molecule has 0 fully saturated rings. The number of unbranched alkanes of at least 4 members (excludes halogenated alkanes) is 1. The number of anilines is 1. The van der Waals surface area contributed by atoms with E-state index in [1.165, 1.54) is 6.42 Å². The molecule has 3 heteroatoms. The normalized spacial score (nSPS) is 12.1. The fourth-order valence-electron chi connectivity index (χ4n) is 1.70. The highest BCUT2D eigenvalue weighted by Gasteiger charge is 2.23. The third kappa shape index (κ3) is 2.52. The average molecular weight is 209 g/mol. The van der Waals surface area contributed by atoms with Crippen LogP contribution >= 0.6 is 0 Å². The van der Waals surface area contributed by atoms with Crippen molar-refractivity contribution in [2.24, 2.45) is 0 Å². The molecule has 1 aromatic heterocycles. The van der Waals surface area contributed by atoms with Gasteiger partial charge in [0.2, 0.25) is 0 Å². The molecule has 1 rings (SSSR count). The lowest BCUT2D eigenvalue weighted by molar-refractivity contribution is 0.491. The van der Waals surface area contributed by atoms with Gasteiger partial charge in [0.05, 0.1) is 5.69 Å². The first-order valence-corrected chi connectivity index (χ1v) is 5.71. The number of rotatable bonds is 3. The van der Waals surface area contributed by atoms with Gasteiger partial charge in [-0.3, -0.25) is 0 Å². The van der Waals surface area contributed by atoms with Crippen molar-refractivity contribution in [3.63, 3.8) is 0 Å². The van der Waals surface area contributed by atoms with Gasteiger partial charge in [0, 0.05) is 12.0 Å². The molecule has 86 valence electrons. The molecule has 1 heterocycles. The molecule has 0 spiro atoms. The van der Waals surface area contributed by atoms with E-state index in [-0.39, 0.29) is 5.41 Å². The lowest BCUT2D eigenvalue weighted by Crippen LogP contribution is -2.20. The van der Waals surface area contributed by atoms with Crippen LogP contribution in [0.5, 0.6) is 0 Å². The molecule has 0 atom stereocenters. The highest BCUT2D eigenvalue weighted by Crippen LogP contribution is 2.25. The summed E-state index contributed by atoms with van der Waals surface area (Å²) in [6.45, 7) is 11.7. The van der Waals surface area contributed by atoms with Crippen LogP contribution in [0.15, 0.2) is 0 Å². The Morgan fingerprint density at radius 3 is 2.40 bits per heavy atom. The van der Waals surface area contributed by atoms with Crippen molar-refractivity contribution >= 4 is 5.82 Å². The number of aryl methyl sites for hydroxylation is 1. The molecule has 0 aromatic carbocycles. The van der Waals surface area contributed by atoms with E-state index in [1.807, 2.05) is 6.92 Å². The van der Waals surface area contributed by atoms with E-state index in [4.69, 9.17) is 5.73 Å². The quantitative estimate of drug-likeness (QED) is 0.832. The molecule has 0 unspecified atom stereocenters. The Kier molecular flexibility index (Phi) is 3.42. The van der Waals surface area contributed by atoms with E-state index in [0.717, 1.165) is 30.3 Å². The van der Waals surface area contributed by atoms with Crippen LogP contribution in [0.25, 0.3) is 0 Å². The molecular formula is C12H23N3. The molecule has 0 aliphatic heterocycles. The van der Waals surface area contributed by atoms with Crippen molar-refractivity contribution in [3.8, 4) is 0 Å². The summed E-state index contributed by atoms with van der Waals surface area (Å²) in [5.74, 6) is 1.93. The zero-order valence-electron chi connectivity index (χ0n) is 10.6. The molecule has 0 aliphatic rings. The molecule has 0 radical (unpaired) electrons. The molecule has 0 saturated carbocycles. The van der Waals surface area contributed by atoms with Crippen molar-refractivity contribution in [1.29, 1.82) is 0 Å². The molecule has 0 saturated heterocycles. The van der Waals surface area contributed by atoms with Crippen molar-refractivity contribution in [2.75, 3.05) is 5.73 Å². The van der Waals surface area contributed by atoms with Crippen LogP contribution in [0.2, 0.25) is 0 Å². The third-order valence-electron chi connectivity index (χ3n) is 2.60. The maximum Gasteiger partial charge on any atom is 0.126 e. The van der Waals surface area contributed by atoms with Gasteiger partial charge in [-0.05, 0) is 13.3 Å². The van der Waals surface area contributed by atoms with Gasteiger partial charge in [0.1, 0.15) is 11.6 Å². The van der Waals surface area contributed by atoms with Crippen LogP contribution < -0.4 is 5.73 Å². The van der Waals surface area contributed by atoms with E-state index in [1.54, 1.807) is 0 Å². The predicted molar refractivity (Wildman–Crippen MR) is 65.0 cm³/mol. The molecule has 15 heavy (non-hydrogen) atoms. The Morgan fingerprint density at radius 2 is 1.93 bits per heavy atom. The fraction of sp³-hybridized carbons (Fsp3) is 0.750. The van der Waals surface area contributed by atoms with E-state index < -0.39 is 0 Å². The number of imidazole rings is 1. The minimum absolute atomic E-state index is 0.0656. The molecule has 0 aliphatic carbocycles. The standard InChI is InChI=1S/C12H23N3/c1-6-7-8-15-10(13)9(2)14-11(15)12(3,4)5/h6-8,13H2,1-5H3. The van der Waals surface area contributed by atoms with Gasteiger partial charge in [-0.2, -0.15) is 0 Å². The van der Waals surface area contributed by atoms with Gasteiger partial charge >= 0.3 is 0 Å². The molecule has 0 amide bonds. The van der Waals surface area contributed by atoms with Crippen LogP contribution in [0.4, 0.5) is 5.82 Å². The molecular weight excluding hydrogens is 186 g/mol. The Balaban J connectivity index is 3.10. The first kappa shape index (κ1) is 12.1. The largest absolute Gasteiger partial charge is 0.384 e. The summed E-state index contributed by atoms with van der Waals surface area (Å²) >= 11 is 0. The minimum atomic E-state index is 0.0656. The SMILES string of the molecule is CCCCn1c(C(C)(C)C)nc(C)c1N. The maximum absolute atomic E-state index is 6.04. The Hall–Kier alpha value is -0.990. The van der Waals surface area contributed by atoms with Crippen LogP contribution in [0.3, 0.4) is 0 Å². The summed E-state index contributed by atoms with van der Waals surface area (Å²) in [5, 5.41) is 0. The van der Waals surface area contributed by atoms with Gasteiger partial charge in [0.15, 0.2) is 0 Å². The van der Waals surface area contributed by atoms with E-state index in [2.05, 4.69) is 37.2 Å². The van der Waals surface area contributed by atoms with E-state index in [9.17, 15) is 0 Å². The van der Waals surface area contributed by atoms with Crippen molar-refractivity contribution < 1.29 is 0 Å². The topological polar surface area (TPSA) is 43.8 Å². The number of aromatic nitrogens is 2. The zero-order chi connectivity index (χ0) is 11.6. The summed E-state index contributed by atoms with van der Waals surface area (Å²) < 4.78 is 2.17. The lowest BCUT2D eigenvalue weighted by Gasteiger charge is -2.20. The van der Waals surface area contributed by atoms with Gasteiger partial charge in [-0.1, -0.05) is 34.1 Å². The number of nitrogens with two attached hydrogens (primary N) is 1. The van der Waals surface area contributed by atoms with Gasteiger partial charge in [-0.15, -0.1) is 0 Å². The summed E-state index contributed by atoms with van der Waals surface area (Å²) in [5.41, 5.74) is 7.06. The van der Waals surface area contributed by atoms with Crippen LogP contribution in [-0.4, -0.2) is 9.55 Å². The molecule has 3 nitrogen and oxygen atoms in total. The summed E-state index contributed by atoms with van der Waals surface area (Å²) in [6, 6.07) is 0. The second kappa shape index (κ2) is 4.25. The second-order valence-electron chi connectivity index (χ2n) is 5.16. The highest BCUT2D eigenvalue weighted by atomic mass is 15.1. The first-order chi connectivity index (χ1) is 6.88. The molecule has 1 aromatic rings. The third-order valence-corrected chi connectivity index (χ3v) is 2.60. The smallest absolute Gasteiger partial charge is 0.126 e.